The molecule has 17 heavy (non-hydrogen) atoms. The molecule has 0 fully saturated rings. The fraction of sp³-hybridized carbons (Fsp3) is 0.500. The Balaban J connectivity index is 2.19. The smallest absolute Gasteiger partial charge is 0.220 e. The number of hydrogen-bond donors (Lipinski definition) is 1. The monoisotopic (exact) mass is 253 g/mol. The molecule has 94 valence electrons. The number of hydrogen-bond acceptors (Lipinski definition) is 1. The van der Waals surface area contributed by atoms with Crippen LogP contribution in [0.15, 0.2) is 24.3 Å². The van der Waals surface area contributed by atoms with E-state index in [1.54, 1.807) is 0 Å². The first-order chi connectivity index (χ1) is 8.24. The molecule has 0 atom stereocenters. The van der Waals surface area contributed by atoms with E-state index in [4.69, 9.17) is 11.6 Å². The number of carbonyl (C=O) groups excluding carboxylic acids is 1. The van der Waals surface area contributed by atoms with Gasteiger partial charge in [0.2, 0.25) is 5.91 Å². The van der Waals surface area contributed by atoms with E-state index in [9.17, 15) is 4.79 Å². The van der Waals surface area contributed by atoms with Crippen LogP contribution in [-0.2, 0) is 11.2 Å². The third-order valence-corrected chi connectivity index (χ3v) is 3.03. The van der Waals surface area contributed by atoms with Crippen LogP contribution in [0.25, 0.3) is 0 Å². The van der Waals surface area contributed by atoms with E-state index in [2.05, 4.69) is 12.2 Å². The Morgan fingerprint density at radius 1 is 1.29 bits per heavy atom. The number of amides is 1. The van der Waals surface area contributed by atoms with Gasteiger partial charge in [0.05, 0.1) is 0 Å². The second-order valence-corrected chi connectivity index (χ2v) is 4.56. The van der Waals surface area contributed by atoms with Gasteiger partial charge < -0.3 is 5.32 Å². The zero-order valence-corrected chi connectivity index (χ0v) is 11.1. The predicted molar refractivity (Wildman–Crippen MR) is 72.3 cm³/mol. The molecule has 0 aliphatic carbocycles. The maximum absolute atomic E-state index is 11.4. The van der Waals surface area contributed by atoms with Crippen LogP contribution < -0.4 is 5.32 Å². The van der Waals surface area contributed by atoms with E-state index in [0.717, 1.165) is 42.8 Å². The summed E-state index contributed by atoms with van der Waals surface area (Å²) < 4.78 is 0. The molecule has 3 heteroatoms. The lowest BCUT2D eigenvalue weighted by Crippen LogP contribution is -2.23. The van der Waals surface area contributed by atoms with E-state index in [1.807, 2.05) is 24.3 Å². The number of halogens is 1. The van der Waals surface area contributed by atoms with Gasteiger partial charge in [-0.15, -0.1) is 0 Å². The average molecular weight is 254 g/mol. The number of nitrogens with one attached hydrogen (secondary N) is 1. The van der Waals surface area contributed by atoms with Crippen molar-refractivity contribution < 1.29 is 4.79 Å². The topological polar surface area (TPSA) is 29.1 Å². The lowest BCUT2D eigenvalue weighted by Gasteiger charge is -2.05. The Labute approximate surface area is 108 Å². The summed E-state index contributed by atoms with van der Waals surface area (Å²) in [5.74, 6) is 0.144. The van der Waals surface area contributed by atoms with E-state index < -0.39 is 0 Å². The minimum Gasteiger partial charge on any atom is -0.356 e. The van der Waals surface area contributed by atoms with Gasteiger partial charge in [0.15, 0.2) is 0 Å². The molecule has 1 rings (SSSR count). The number of benzene rings is 1. The third-order valence-electron chi connectivity index (χ3n) is 2.66. The highest BCUT2D eigenvalue weighted by Crippen LogP contribution is 2.16. The van der Waals surface area contributed by atoms with Gasteiger partial charge in [0.25, 0.3) is 0 Å². The Hall–Kier alpha value is -1.02. The molecule has 0 bridgehead atoms. The maximum Gasteiger partial charge on any atom is 0.220 e. The molecule has 1 aromatic carbocycles. The Kier molecular flexibility index (Phi) is 6.71. The first-order valence-electron chi connectivity index (χ1n) is 6.24. The molecular formula is C14H20ClNO. The van der Waals surface area contributed by atoms with Crippen molar-refractivity contribution in [1.82, 2.24) is 5.32 Å². The van der Waals surface area contributed by atoms with Crippen LogP contribution in [-0.4, -0.2) is 12.5 Å². The highest BCUT2D eigenvalue weighted by Gasteiger charge is 2.02. The average Bonchev–Trinajstić information content (AvgIpc) is 2.32. The van der Waals surface area contributed by atoms with E-state index >= 15 is 0 Å². The molecule has 1 amide bonds. The van der Waals surface area contributed by atoms with Crippen molar-refractivity contribution in [3.63, 3.8) is 0 Å². The SMILES string of the molecule is CCCCNC(=O)CCCc1ccccc1Cl. The van der Waals surface area contributed by atoms with Crippen LogP contribution in [0.5, 0.6) is 0 Å². The molecule has 2 nitrogen and oxygen atoms in total. The van der Waals surface area contributed by atoms with E-state index in [0.29, 0.717) is 6.42 Å². The first kappa shape index (κ1) is 14.0. The molecule has 0 heterocycles. The fourth-order valence-corrected chi connectivity index (χ4v) is 1.86. The van der Waals surface area contributed by atoms with Gasteiger partial charge in [-0.2, -0.15) is 0 Å². The zero-order chi connectivity index (χ0) is 12.5. The largest absolute Gasteiger partial charge is 0.356 e. The quantitative estimate of drug-likeness (QED) is 0.740. The summed E-state index contributed by atoms with van der Waals surface area (Å²) in [6.07, 6.45) is 4.45. The molecule has 1 N–H and O–H groups in total. The van der Waals surface area contributed by atoms with Gasteiger partial charge in [-0.05, 0) is 30.9 Å². The fourth-order valence-electron chi connectivity index (χ4n) is 1.63. The summed E-state index contributed by atoms with van der Waals surface area (Å²) in [4.78, 5) is 11.4. The minimum atomic E-state index is 0.144. The summed E-state index contributed by atoms with van der Waals surface area (Å²) in [5, 5.41) is 3.70. The molecule has 0 spiro atoms. The van der Waals surface area contributed by atoms with Crippen molar-refractivity contribution >= 4 is 17.5 Å². The Bertz CT molecular complexity index is 352. The summed E-state index contributed by atoms with van der Waals surface area (Å²) in [6.45, 7) is 2.91. The van der Waals surface area contributed by atoms with Crippen LogP contribution in [0.3, 0.4) is 0 Å². The van der Waals surface area contributed by atoms with Crippen LogP contribution in [0.1, 0.15) is 38.2 Å². The molecule has 0 radical (unpaired) electrons. The summed E-state index contributed by atoms with van der Waals surface area (Å²) in [6, 6.07) is 7.79. The standard InChI is InChI=1S/C14H20ClNO/c1-2-3-11-16-14(17)10-6-8-12-7-4-5-9-13(12)15/h4-5,7,9H,2-3,6,8,10-11H2,1H3,(H,16,17). The normalized spacial score (nSPS) is 10.2. The van der Waals surface area contributed by atoms with E-state index in [1.165, 1.54) is 0 Å². The Morgan fingerprint density at radius 2 is 2.06 bits per heavy atom. The molecule has 0 aliphatic rings. The molecule has 0 saturated heterocycles. The minimum absolute atomic E-state index is 0.144. The van der Waals surface area contributed by atoms with Crippen LogP contribution in [0, 0.1) is 0 Å². The predicted octanol–water partition coefficient (Wildman–Crippen LogP) is 3.58. The van der Waals surface area contributed by atoms with Crippen LogP contribution >= 0.6 is 11.6 Å². The molecule has 0 unspecified atom stereocenters. The number of carbonyl (C=O) groups is 1. The highest BCUT2D eigenvalue weighted by atomic mass is 35.5. The second kappa shape index (κ2) is 8.13. The van der Waals surface area contributed by atoms with Crippen LogP contribution in [0.2, 0.25) is 5.02 Å². The van der Waals surface area contributed by atoms with Gasteiger partial charge >= 0.3 is 0 Å². The zero-order valence-electron chi connectivity index (χ0n) is 10.3. The van der Waals surface area contributed by atoms with Crippen molar-refractivity contribution in [3.8, 4) is 0 Å². The van der Waals surface area contributed by atoms with Gasteiger partial charge in [-0.25, -0.2) is 0 Å². The van der Waals surface area contributed by atoms with E-state index in [-0.39, 0.29) is 5.91 Å². The molecule has 0 aliphatic heterocycles. The number of rotatable bonds is 7. The first-order valence-corrected chi connectivity index (χ1v) is 6.62. The van der Waals surface area contributed by atoms with Crippen molar-refractivity contribution in [3.05, 3.63) is 34.9 Å². The summed E-state index contributed by atoms with van der Waals surface area (Å²) in [5.41, 5.74) is 1.12. The Morgan fingerprint density at radius 3 is 2.76 bits per heavy atom. The van der Waals surface area contributed by atoms with Crippen molar-refractivity contribution in [1.29, 1.82) is 0 Å². The molecule has 0 saturated carbocycles. The third kappa shape index (κ3) is 5.73. The highest BCUT2D eigenvalue weighted by molar-refractivity contribution is 6.31. The summed E-state index contributed by atoms with van der Waals surface area (Å²) >= 11 is 6.04. The maximum atomic E-state index is 11.4. The van der Waals surface area contributed by atoms with Gasteiger partial charge in [-0.3, -0.25) is 4.79 Å². The number of aryl methyl sites for hydroxylation is 1. The second-order valence-electron chi connectivity index (χ2n) is 4.15. The lowest BCUT2D eigenvalue weighted by molar-refractivity contribution is -0.121. The molecule has 1 aromatic rings. The van der Waals surface area contributed by atoms with Crippen molar-refractivity contribution in [2.45, 2.75) is 39.0 Å². The van der Waals surface area contributed by atoms with Crippen molar-refractivity contribution in [2.75, 3.05) is 6.54 Å². The van der Waals surface area contributed by atoms with Gasteiger partial charge in [-0.1, -0.05) is 43.1 Å². The molecule has 0 aromatic heterocycles. The molecular weight excluding hydrogens is 234 g/mol. The van der Waals surface area contributed by atoms with Gasteiger partial charge in [0, 0.05) is 18.0 Å². The van der Waals surface area contributed by atoms with Gasteiger partial charge in [0.1, 0.15) is 0 Å². The van der Waals surface area contributed by atoms with Crippen LogP contribution in [0.4, 0.5) is 0 Å². The lowest BCUT2D eigenvalue weighted by atomic mass is 10.1. The summed E-state index contributed by atoms with van der Waals surface area (Å²) in [7, 11) is 0. The van der Waals surface area contributed by atoms with Crippen molar-refractivity contribution in [2.24, 2.45) is 0 Å². The number of unbranched alkanes of at least 4 members (excludes halogenated alkanes) is 1.